The van der Waals surface area contributed by atoms with E-state index >= 15 is 0 Å². The van der Waals surface area contributed by atoms with Gasteiger partial charge in [0.15, 0.2) is 0 Å². The van der Waals surface area contributed by atoms with E-state index in [1.54, 1.807) is 29.2 Å². The van der Waals surface area contributed by atoms with Crippen molar-refractivity contribution in [3.63, 3.8) is 0 Å². The fourth-order valence-corrected chi connectivity index (χ4v) is 4.91. The van der Waals surface area contributed by atoms with Crippen LogP contribution >= 0.6 is 11.3 Å². The highest BCUT2D eigenvalue weighted by molar-refractivity contribution is 7.19. The molecule has 2 amide bonds. The van der Waals surface area contributed by atoms with E-state index in [2.05, 4.69) is 25.0 Å². The molecule has 0 saturated carbocycles. The molecule has 3 heterocycles. The number of nitrogens with one attached hydrogen (secondary N) is 1. The van der Waals surface area contributed by atoms with Gasteiger partial charge in [-0.15, -0.1) is 0 Å². The topological polar surface area (TPSA) is 109 Å². The van der Waals surface area contributed by atoms with Crippen molar-refractivity contribution in [2.24, 2.45) is 0 Å². The number of benzene rings is 2. The maximum absolute atomic E-state index is 12.7. The van der Waals surface area contributed by atoms with Gasteiger partial charge in [0, 0.05) is 50.0 Å². The number of carbonyl (C=O) groups excluding carboxylic acids is 2. The highest BCUT2D eigenvalue weighted by Crippen LogP contribution is 2.24. The summed E-state index contributed by atoms with van der Waals surface area (Å²) < 4.78 is 6.03. The normalized spacial score (nSPS) is 14.1. The van der Waals surface area contributed by atoms with Crippen molar-refractivity contribution >= 4 is 34.0 Å². The molecule has 0 aliphatic carbocycles. The molecule has 0 bridgehead atoms. The van der Waals surface area contributed by atoms with E-state index in [9.17, 15) is 14.4 Å². The summed E-state index contributed by atoms with van der Waals surface area (Å²) in [5, 5.41) is 8.03. The Morgan fingerprint density at radius 3 is 2.44 bits per heavy atom. The summed E-state index contributed by atoms with van der Waals surface area (Å²) in [7, 11) is 1.33. The molecule has 1 aliphatic rings. The molecular formula is C25H24N6O4S. The number of rotatable bonds is 5. The molecule has 0 unspecified atom stereocenters. The second-order valence-electron chi connectivity index (χ2n) is 8.32. The number of carbonyl (C=O) groups is 2. The molecule has 184 valence electrons. The predicted octanol–water partition coefficient (Wildman–Crippen LogP) is 2.95. The summed E-state index contributed by atoms with van der Waals surface area (Å²) >= 11 is 1.38. The van der Waals surface area contributed by atoms with Crippen molar-refractivity contribution in [1.82, 2.24) is 24.4 Å². The second-order valence-corrected chi connectivity index (χ2v) is 9.27. The number of piperazine rings is 1. The van der Waals surface area contributed by atoms with Gasteiger partial charge < -0.3 is 15.0 Å². The monoisotopic (exact) mass is 504 g/mol. The van der Waals surface area contributed by atoms with Gasteiger partial charge in [-0.05, 0) is 24.3 Å². The first-order valence-corrected chi connectivity index (χ1v) is 12.2. The van der Waals surface area contributed by atoms with Crippen molar-refractivity contribution in [2.75, 3.05) is 38.6 Å². The Morgan fingerprint density at radius 2 is 1.75 bits per heavy atom. The summed E-state index contributed by atoms with van der Waals surface area (Å²) in [6.45, 7) is 2.94. The Bertz CT molecular complexity index is 1440. The number of anilines is 1. The van der Waals surface area contributed by atoms with Gasteiger partial charge in [-0.3, -0.25) is 9.69 Å². The van der Waals surface area contributed by atoms with Gasteiger partial charge in [-0.2, -0.15) is 9.61 Å². The highest BCUT2D eigenvalue weighted by atomic mass is 32.1. The predicted molar refractivity (Wildman–Crippen MR) is 136 cm³/mol. The third-order valence-corrected chi connectivity index (χ3v) is 6.88. The molecule has 0 atom stereocenters. The number of aromatic nitrogens is 3. The second kappa shape index (κ2) is 10.3. The minimum atomic E-state index is -0.424. The Morgan fingerprint density at radius 1 is 1.03 bits per heavy atom. The van der Waals surface area contributed by atoms with Crippen molar-refractivity contribution in [1.29, 1.82) is 0 Å². The van der Waals surface area contributed by atoms with Crippen LogP contribution in [0.2, 0.25) is 0 Å². The third-order valence-electron chi connectivity index (χ3n) is 5.92. The number of hydrogen-bond donors (Lipinski definition) is 1. The molecule has 0 radical (unpaired) electrons. The molecule has 36 heavy (non-hydrogen) atoms. The van der Waals surface area contributed by atoms with E-state index in [-0.39, 0.29) is 11.6 Å². The fourth-order valence-electron chi connectivity index (χ4n) is 3.98. The SMILES string of the molecule is COC(=O)c1ccc(NC(=O)N2CCN(Cc3cc(=O)n4nc(-c5ccccc5)sc4n3)CC2)cc1. The number of ether oxygens (including phenoxy) is 1. The van der Waals surface area contributed by atoms with Crippen molar-refractivity contribution in [2.45, 2.75) is 6.54 Å². The van der Waals surface area contributed by atoms with Gasteiger partial charge >= 0.3 is 12.0 Å². The number of esters is 1. The van der Waals surface area contributed by atoms with E-state index in [0.717, 1.165) is 10.6 Å². The zero-order valence-electron chi connectivity index (χ0n) is 19.6. The molecule has 5 rings (SSSR count). The van der Waals surface area contributed by atoms with E-state index in [1.165, 1.54) is 29.0 Å². The Hall–Kier alpha value is -4.09. The number of urea groups is 1. The summed E-state index contributed by atoms with van der Waals surface area (Å²) in [5.74, 6) is -0.424. The Kier molecular flexibility index (Phi) is 6.74. The van der Waals surface area contributed by atoms with Crippen LogP contribution in [-0.4, -0.2) is 69.7 Å². The van der Waals surface area contributed by atoms with Gasteiger partial charge in [0.25, 0.3) is 5.56 Å². The van der Waals surface area contributed by atoms with Gasteiger partial charge in [0.05, 0.1) is 18.4 Å². The highest BCUT2D eigenvalue weighted by Gasteiger charge is 2.22. The molecule has 1 fully saturated rings. The number of hydrogen-bond acceptors (Lipinski definition) is 8. The summed E-state index contributed by atoms with van der Waals surface area (Å²) in [4.78, 5) is 46.0. The minimum Gasteiger partial charge on any atom is -0.465 e. The van der Waals surface area contributed by atoms with Crippen LogP contribution in [0.1, 0.15) is 16.1 Å². The first-order valence-electron chi connectivity index (χ1n) is 11.4. The number of amides is 2. The lowest BCUT2D eigenvalue weighted by Crippen LogP contribution is -2.49. The van der Waals surface area contributed by atoms with E-state index in [4.69, 9.17) is 0 Å². The van der Waals surface area contributed by atoms with Crippen LogP contribution in [0.4, 0.5) is 10.5 Å². The van der Waals surface area contributed by atoms with E-state index < -0.39 is 5.97 Å². The van der Waals surface area contributed by atoms with Gasteiger partial charge in [0.1, 0.15) is 5.01 Å². The van der Waals surface area contributed by atoms with Crippen molar-refractivity contribution in [3.8, 4) is 10.6 Å². The zero-order valence-corrected chi connectivity index (χ0v) is 20.4. The molecule has 1 aliphatic heterocycles. The van der Waals surface area contributed by atoms with E-state index in [1.807, 2.05) is 30.3 Å². The van der Waals surface area contributed by atoms with Crippen LogP contribution < -0.4 is 10.9 Å². The molecule has 11 heteroatoms. The maximum Gasteiger partial charge on any atom is 0.337 e. The Labute approximate surface area is 210 Å². The van der Waals surface area contributed by atoms with Crippen LogP contribution in [-0.2, 0) is 11.3 Å². The van der Waals surface area contributed by atoms with Crippen LogP contribution in [0.15, 0.2) is 65.5 Å². The lowest BCUT2D eigenvalue weighted by molar-refractivity contribution is 0.0600. The van der Waals surface area contributed by atoms with Crippen molar-refractivity contribution in [3.05, 3.63) is 82.3 Å². The molecular weight excluding hydrogens is 480 g/mol. The molecule has 2 aromatic heterocycles. The van der Waals surface area contributed by atoms with Crippen LogP contribution in [0, 0.1) is 0 Å². The van der Waals surface area contributed by atoms with Crippen LogP contribution in [0.3, 0.4) is 0 Å². The van der Waals surface area contributed by atoms with Gasteiger partial charge in [-0.25, -0.2) is 14.6 Å². The van der Waals surface area contributed by atoms with Crippen LogP contribution in [0.5, 0.6) is 0 Å². The maximum atomic E-state index is 12.7. The lowest BCUT2D eigenvalue weighted by Gasteiger charge is -2.34. The van der Waals surface area contributed by atoms with Gasteiger partial charge in [0.2, 0.25) is 4.96 Å². The van der Waals surface area contributed by atoms with Gasteiger partial charge in [-0.1, -0.05) is 41.7 Å². The summed E-state index contributed by atoms with van der Waals surface area (Å²) in [6, 6.07) is 17.6. The summed E-state index contributed by atoms with van der Waals surface area (Å²) in [5.41, 5.74) is 2.46. The molecule has 2 aromatic carbocycles. The quantitative estimate of drug-likeness (QED) is 0.416. The van der Waals surface area contributed by atoms with Crippen molar-refractivity contribution < 1.29 is 14.3 Å². The largest absolute Gasteiger partial charge is 0.465 e. The Balaban J connectivity index is 1.18. The fraction of sp³-hybridized carbons (Fsp3) is 0.240. The average Bonchev–Trinajstić information content (AvgIpc) is 3.34. The molecule has 0 spiro atoms. The first-order chi connectivity index (χ1) is 17.5. The first kappa shape index (κ1) is 23.6. The smallest absolute Gasteiger partial charge is 0.337 e. The number of methoxy groups -OCH3 is 1. The zero-order chi connectivity index (χ0) is 25.1. The summed E-state index contributed by atoms with van der Waals surface area (Å²) in [6.07, 6.45) is 0. The lowest BCUT2D eigenvalue weighted by atomic mass is 10.2. The molecule has 10 nitrogen and oxygen atoms in total. The molecule has 4 aromatic rings. The number of fused-ring (bicyclic) bond motifs is 1. The molecule has 1 N–H and O–H groups in total. The third kappa shape index (κ3) is 5.11. The van der Waals surface area contributed by atoms with E-state index in [0.29, 0.717) is 54.6 Å². The minimum absolute atomic E-state index is 0.198. The number of nitrogens with zero attached hydrogens (tertiary/aromatic N) is 5. The average molecular weight is 505 g/mol. The van der Waals surface area contributed by atoms with Crippen LogP contribution in [0.25, 0.3) is 15.5 Å². The standard InChI is InChI=1S/C25H24N6O4S/c1-35-23(33)18-7-9-19(10-8-18)26-24(34)30-13-11-29(12-14-30)16-20-15-21(32)31-25(27-20)36-22(28-31)17-5-3-2-4-6-17/h2-10,15H,11-14,16H2,1H3,(H,26,34). The molecule has 1 saturated heterocycles.